The summed E-state index contributed by atoms with van der Waals surface area (Å²) in [4.78, 5) is 37.2. The number of rotatable bonds is 7. The lowest BCUT2D eigenvalue weighted by molar-refractivity contribution is -0.173. The molecule has 0 aromatic heterocycles. The highest BCUT2D eigenvalue weighted by Crippen LogP contribution is 2.55. The fourth-order valence-corrected chi connectivity index (χ4v) is 5.83. The Hall–Kier alpha value is -1.82. The summed E-state index contributed by atoms with van der Waals surface area (Å²) in [7, 11) is -5.61. The fourth-order valence-electron chi connectivity index (χ4n) is 5.49. The van der Waals surface area contributed by atoms with Gasteiger partial charge in [0.05, 0.1) is 30.8 Å². The van der Waals surface area contributed by atoms with Crippen LogP contribution in [0.15, 0.2) is 0 Å². The van der Waals surface area contributed by atoms with Crippen molar-refractivity contribution in [2.75, 3.05) is 6.61 Å². The summed E-state index contributed by atoms with van der Waals surface area (Å²) in [5.74, 6) is -3.44. The highest BCUT2D eigenvalue weighted by atomic mass is 32.2. The number of carbonyl (C=O) groups excluding carboxylic acids is 3. The van der Waals surface area contributed by atoms with Crippen molar-refractivity contribution >= 4 is 28.0 Å². The molecule has 174 valence electrons. The van der Waals surface area contributed by atoms with E-state index >= 15 is 0 Å². The third kappa shape index (κ3) is 4.04. The molecule has 3 aliphatic carbocycles. The minimum Gasteiger partial charge on any atom is -0.465 e. The van der Waals surface area contributed by atoms with Gasteiger partial charge in [-0.1, -0.05) is 12.8 Å². The molecule has 1 saturated heterocycles. The van der Waals surface area contributed by atoms with E-state index in [9.17, 15) is 31.6 Å². The molecule has 0 amide bonds. The lowest BCUT2D eigenvalue weighted by Gasteiger charge is -2.31. The molecule has 1 aliphatic heterocycles. The first-order valence-corrected chi connectivity index (χ1v) is 11.9. The highest BCUT2D eigenvalue weighted by Gasteiger charge is 2.63. The largest absolute Gasteiger partial charge is 0.465 e. The van der Waals surface area contributed by atoms with Crippen LogP contribution in [0, 0.1) is 29.6 Å². The van der Waals surface area contributed by atoms with E-state index in [4.69, 9.17) is 18.8 Å². The second-order valence-electron chi connectivity index (χ2n) is 8.83. The van der Waals surface area contributed by atoms with Gasteiger partial charge in [-0.3, -0.25) is 18.9 Å². The maximum atomic E-state index is 13.3. The van der Waals surface area contributed by atoms with E-state index in [0.717, 1.165) is 6.42 Å². The smallest absolute Gasteiger partial charge is 0.373 e. The van der Waals surface area contributed by atoms with Gasteiger partial charge in [-0.2, -0.15) is 17.2 Å². The van der Waals surface area contributed by atoms with Crippen LogP contribution in [0.4, 0.5) is 8.78 Å². The molecule has 4 rings (SSSR count). The molecule has 2 bridgehead atoms. The molecule has 4 fully saturated rings. The number of ether oxygens (including phenoxy) is 3. The Kier molecular flexibility index (Phi) is 5.74. The second-order valence-corrected chi connectivity index (χ2v) is 10.4. The molecule has 0 radical (unpaired) electrons. The molecule has 0 aromatic carbocycles. The van der Waals surface area contributed by atoms with E-state index in [-0.39, 0.29) is 23.7 Å². The van der Waals surface area contributed by atoms with Gasteiger partial charge in [0.2, 0.25) is 0 Å². The van der Waals surface area contributed by atoms with Gasteiger partial charge in [0, 0.05) is 11.8 Å². The molecule has 3 saturated carbocycles. The minimum absolute atomic E-state index is 0.0482. The molecule has 7 atom stereocenters. The maximum Gasteiger partial charge on any atom is 0.373 e. The van der Waals surface area contributed by atoms with Crippen molar-refractivity contribution in [3.63, 3.8) is 0 Å². The number of alkyl halides is 2. The Morgan fingerprint density at radius 3 is 2.42 bits per heavy atom. The first-order chi connectivity index (χ1) is 14.5. The standard InChI is InChI=1S/C19H24F2O9S/c20-19(21,31(25,26)27)5-6-28-16(22)10-3-1-2-4-11(10)17(23)29-14-9-7-12-13(8-9)18(24)30-15(12)14/h9-15H,1-8H2,(H,25,26,27). The maximum absolute atomic E-state index is 13.3. The van der Waals surface area contributed by atoms with Crippen LogP contribution in [-0.2, 0) is 38.7 Å². The number of halogens is 2. The van der Waals surface area contributed by atoms with Gasteiger partial charge in [-0.15, -0.1) is 0 Å². The van der Waals surface area contributed by atoms with Gasteiger partial charge in [-0.25, -0.2) is 0 Å². The number of hydrogen-bond acceptors (Lipinski definition) is 8. The monoisotopic (exact) mass is 466 g/mol. The Balaban J connectivity index is 1.35. The van der Waals surface area contributed by atoms with E-state index in [1.165, 1.54) is 0 Å². The lowest BCUT2D eigenvalue weighted by atomic mass is 9.79. The van der Waals surface area contributed by atoms with Gasteiger partial charge in [0.25, 0.3) is 0 Å². The van der Waals surface area contributed by atoms with Gasteiger partial charge in [0.1, 0.15) is 12.2 Å². The van der Waals surface area contributed by atoms with Crippen LogP contribution in [0.3, 0.4) is 0 Å². The van der Waals surface area contributed by atoms with Crippen molar-refractivity contribution in [3.05, 3.63) is 0 Å². The third-order valence-corrected chi connectivity index (χ3v) is 8.01. The van der Waals surface area contributed by atoms with E-state index in [0.29, 0.717) is 32.1 Å². The van der Waals surface area contributed by atoms with Crippen molar-refractivity contribution in [2.45, 2.75) is 62.4 Å². The average molecular weight is 466 g/mol. The second kappa shape index (κ2) is 7.95. The summed E-state index contributed by atoms with van der Waals surface area (Å²) in [6.45, 7) is -0.921. The van der Waals surface area contributed by atoms with Crippen LogP contribution < -0.4 is 0 Å². The number of fused-ring (bicyclic) bond motifs is 1. The topological polar surface area (TPSA) is 133 Å². The van der Waals surface area contributed by atoms with Gasteiger partial charge in [-0.05, 0) is 25.7 Å². The van der Waals surface area contributed by atoms with Gasteiger partial charge in [0.15, 0.2) is 0 Å². The number of esters is 3. The summed E-state index contributed by atoms with van der Waals surface area (Å²) >= 11 is 0. The normalized spacial score (nSPS) is 36.9. The molecular formula is C19H24F2O9S. The first-order valence-electron chi connectivity index (χ1n) is 10.4. The summed E-state index contributed by atoms with van der Waals surface area (Å²) in [5, 5.41) is -4.43. The molecule has 1 heterocycles. The van der Waals surface area contributed by atoms with Gasteiger partial charge >= 0.3 is 33.3 Å². The molecule has 12 heteroatoms. The Bertz CT molecular complexity index is 874. The lowest BCUT2D eigenvalue weighted by Crippen LogP contribution is -2.41. The van der Waals surface area contributed by atoms with Crippen molar-refractivity contribution in [3.8, 4) is 0 Å². The number of carbonyl (C=O) groups is 3. The molecule has 9 nitrogen and oxygen atoms in total. The Labute approximate surface area is 177 Å². The van der Waals surface area contributed by atoms with Crippen LogP contribution in [0.25, 0.3) is 0 Å². The zero-order valence-corrected chi connectivity index (χ0v) is 17.4. The van der Waals surface area contributed by atoms with Crippen LogP contribution in [0.1, 0.15) is 44.9 Å². The summed E-state index contributed by atoms with van der Waals surface area (Å²) < 4.78 is 72.2. The zero-order chi connectivity index (χ0) is 22.6. The zero-order valence-electron chi connectivity index (χ0n) is 16.6. The fraction of sp³-hybridized carbons (Fsp3) is 0.842. The van der Waals surface area contributed by atoms with E-state index < -0.39 is 64.4 Å². The predicted octanol–water partition coefficient (Wildman–Crippen LogP) is 1.70. The van der Waals surface area contributed by atoms with Crippen LogP contribution >= 0.6 is 0 Å². The quantitative estimate of drug-likeness (QED) is 0.338. The molecule has 0 spiro atoms. The van der Waals surface area contributed by atoms with Crippen molar-refractivity contribution in [1.82, 2.24) is 0 Å². The summed E-state index contributed by atoms with van der Waals surface area (Å²) in [6, 6.07) is 0. The van der Waals surface area contributed by atoms with Crippen LogP contribution in [0.5, 0.6) is 0 Å². The van der Waals surface area contributed by atoms with E-state index in [1.807, 2.05) is 0 Å². The number of hydrogen-bond donors (Lipinski definition) is 1. The molecule has 0 aromatic rings. The summed E-state index contributed by atoms with van der Waals surface area (Å²) in [6.07, 6.45) is 1.01. The van der Waals surface area contributed by atoms with E-state index in [1.54, 1.807) is 0 Å². The Morgan fingerprint density at radius 2 is 1.77 bits per heavy atom. The van der Waals surface area contributed by atoms with Crippen LogP contribution in [-0.4, -0.2) is 54.9 Å². The molecular weight excluding hydrogens is 442 g/mol. The van der Waals surface area contributed by atoms with Crippen molar-refractivity contribution in [2.24, 2.45) is 29.6 Å². The SMILES string of the molecule is O=C(OCCC(F)(F)S(=O)(=O)O)C1CCCCC1C(=O)OC1C2CC3C(=O)OC1C3C2. The molecule has 1 N–H and O–H groups in total. The average Bonchev–Trinajstić information content (AvgIpc) is 3.32. The predicted molar refractivity (Wildman–Crippen MR) is 97.0 cm³/mol. The Morgan fingerprint density at radius 1 is 1.13 bits per heavy atom. The molecule has 31 heavy (non-hydrogen) atoms. The van der Waals surface area contributed by atoms with Crippen molar-refractivity contribution < 1.29 is 50.3 Å². The van der Waals surface area contributed by atoms with E-state index in [2.05, 4.69) is 0 Å². The summed E-state index contributed by atoms with van der Waals surface area (Å²) in [5.41, 5.74) is 0. The van der Waals surface area contributed by atoms with Crippen molar-refractivity contribution in [1.29, 1.82) is 0 Å². The van der Waals surface area contributed by atoms with Crippen LogP contribution in [0.2, 0.25) is 0 Å². The molecule has 4 aliphatic rings. The third-order valence-electron chi connectivity index (χ3n) is 7.05. The van der Waals surface area contributed by atoms with Gasteiger partial charge < -0.3 is 14.2 Å². The highest BCUT2D eigenvalue weighted by molar-refractivity contribution is 7.86. The molecule has 7 unspecified atom stereocenters. The minimum atomic E-state index is -5.61. The first kappa shape index (κ1) is 22.4.